The van der Waals surface area contributed by atoms with E-state index in [1.165, 1.54) is 0 Å². The Morgan fingerprint density at radius 1 is 1.40 bits per heavy atom. The van der Waals surface area contributed by atoms with Gasteiger partial charge in [0.15, 0.2) is 0 Å². The lowest BCUT2D eigenvalue weighted by atomic mass is 9.85. The molecule has 0 spiro atoms. The van der Waals surface area contributed by atoms with Gasteiger partial charge in [0.25, 0.3) is 5.88 Å². The van der Waals surface area contributed by atoms with Crippen molar-refractivity contribution in [2.45, 2.75) is 33.1 Å². The minimum absolute atomic E-state index is 0.0420. The summed E-state index contributed by atoms with van der Waals surface area (Å²) >= 11 is 0. The van der Waals surface area contributed by atoms with Crippen molar-refractivity contribution < 1.29 is 9.13 Å². The number of hydrogen-bond acceptors (Lipinski definition) is 4. The van der Waals surface area contributed by atoms with Gasteiger partial charge in [-0.3, -0.25) is 0 Å². The third-order valence-corrected chi connectivity index (χ3v) is 3.60. The van der Waals surface area contributed by atoms with Crippen molar-refractivity contribution in [1.82, 2.24) is 9.97 Å². The zero-order valence-corrected chi connectivity index (χ0v) is 12.1. The first kappa shape index (κ1) is 14.8. The van der Waals surface area contributed by atoms with Gasteiger partial charge in [-0.2, -0.15) is 9.37 Å². The van der Waals surface area contributed by atoms with Crippen LogP contribution in [-0.2, 0) is 0 Å². The first-order valence-electron chi connectivity index (χ1n) is 7.25. The molecule has 2 unspecified atom stereocenters. The summed E-state index contributed by atoms with van der Waals surface area (Å²) in [7, 11) is 0. The zero-order valence-electron chi connectivity index (χ0n) is 12.1. The molecule has 0 fully saturated rings. The van der Waals surface area contributed by atoms with E-state index in [4.69, 9.17) is 4.74 Å². The predicted molar refractivity (Wildman–Crippen MR) is 77.3 cm³/mol. The lowest BCUT2D eigenvalue weighted by molar-refractivity contribution is 0.186. The average molecular weight is 279 g/mol. The molecule has 1 N–H and O–H groups in total. The summed E-state index contributed by atoms with van der Waals surface area (Å²) in [6, 6.07) is 0. The average Bonchev–Trinajstić information content (AvgIpc) is 2.46. The number of rotatable bonds is 6. The fourth-order valence-electron chi connectivity index (χ4n) is 2.20. The second-order valence-corrected chi connectivity index (χ2v) is 5.26. The van der Waals surface area contributed by atoms with E-state index < -0.39 is 5.82 Å². The van der Waals surface area contributed by atoms with E-state index >= 15 is 0 Å². The van der Waals surface area contributed by atoms with Crippen molar-refractivity contribution in [2.75, 3.05) is 18.5 Å². The molecule has 110 valence electrons. The second-order valence-electron chi connectivity index (χ2n) is 5.26. The van der Waals surface area contributed by atoms with E-state index in [9.17, 15) is 4.39 Å². The highest BCUT2D eigenvalue weighted by Gasteiger charge is 2.20. The molecule has 1 aromatic rings. The molecular weight excluding hydrogens is 257 g/mol. The van der Waals surface area contributed by atoms with Crippen molar-refractivity contribution in [1.29, 1.82) is 0 Å². The molecule has 1 aromatic heterocycles. The Morgan fingerprint density at radius 3 is 2.95 bits per heavy atom. The largest absolute Gasteiger partial charge is 0.475 e. The Bertz CT molecular complexity index is 464. The molecule has 1 heterocycles. The van der Waals surface area contributed by atoms with Crippen LogP contribution in [0.15, 0.2) is 18.3 Å². The van der Waals surface area contributed by atoms with Crippen LogP contribution in [0.25, 0.3) is 0 Å². The van der Waals surface area contributed by atoms with Crippen LogP contribution in [0.3, 0.4) is 0 Å². The van der Waals surface area contributed by atoms with Crippen LogP contribution >= 0.6 is 0 Å². The van der Waals surface area contributed by atoms with Gasteiger partial charge in [-0.05, 0) is 31.1 Å². The minimum atomic E-state index is -0.508. The summed E-state index contributed by atoms with van der Waals surface area (Å²) < 4.78 is 19.2. The van der Waals surface area contributed by atoms with Crippen LogP contribution < -0.4 is 10.1 Å². The van der Waals surface area contributed by atoms with E-state index in [0.717, 1.165) is 32.0 Å². The maximum atomic E-state index is 13.7. The number of halogens is 1. The van der Waals surface area contributed by atoms with Crippen LogP contribution in [0, 0.1) is 17.7 Å². The minimum Gasteiger partial charge on any atom is -0.475 e. The molecule has 20 heavy (non-hydrogen) atoms. The molecule has 0 aromatic carbocycles. The molecule has 0 amide bonds. The quantitative estimate of drug-likeness (QED) is 0.811. The third kappa shape index (κ3) is 3.92. The number of hydrogen-bond donors (Lipinski definition) is 1. The number of ether oxygens (including phenoxy) is 1. The van der Waals surface area contributed by atoms with Gasteiger partial charge < -0.3 is 10.1 Å². The van der Waals surface area contributed by atoms with Crippen LogP contribution in [0.5, 0.6) is 5.88 Å². The Morgan fingerprint density at radius 2 is 2.20 bits per heavy atom. The van der Waals surface area contributed by atoms with Gasteiger partial charge in [0.05, 0.1) is 12.8 Å². The van der Waals surface area contributed by atoms with E-state index in [0.29, 0.717) is 24.4 Å². The van der Waals surface area contributed by atoms with Gasteiger partial charge >= 0.3 is 0 Å². The summed E-state index contributed by atoms with van der Waals surface area (Å²) in [4.78, 5) is 7.98. The standard InChI is InChI=1S/C15H22FN3O/c1-3-8-17-15-18-9-13(16)14(19-15)20-10-12-7-5-4-6-11(12)2/h4-5,9,11-12H,3,6-8,10H2,1-2H3,(H,17,18,19). The smallest absolute Gasteiger partial charge is 0.255 e. The summed E-state index contributed by atoms with van der Waals surface area (Å²) in [5.41, 5.74) is 0. The fourth-order valence-corrected chi connectivity index (χ4v) is 2.20. The first-order chi connectivity index (χ1) is 9.70. The Balaban J connectivity index is 1.95. The maximum absolute atomic E-state index is 13.7. The monoisotopic (exact) mass is 279 g/mol. The number of aromatic nitrogens is 2. The van der Waals surface area contributed by atoms with E-state index in [1.54, 1.807) is 0 Å². The van der Waals surface area contributed by atoms with Crippen molar-refractivity contribution in [3.63, 3.8) is 0 Å². The maximum Gasteiger partial charge on any atom is 0.255 e. The van der Waals surface area contributed by atoms with Crippen LogP contribution in [0.1, 0.15) is 33.1 Å². The summed E-state index contributed by atoms with van der Waals surface area (Å²) in [6.07, 6.45) is 8.52. The third-order valence-electron chi connectivity index (χ3n) is 3.60. The Hall–Kier alpha value is -1.65. The van der Waals surface area contributed by atoms with E-state index in [2.05, 4.69) is 34.4 Å². The van der Waals surface area contributed by atoms with Crippen LogP contribution in [0.4, 0.5) is 10.3 Å². The van der Waals surface area contributed by atoms with Crippen LogP contribution in [-0.4, -0.2) is 23.1 Å². The van der Waals surface area contributed by atoms with Gasteiger partial charge in [-0.1, -0.05) is 26.0 Å². The van der Waals surface area contributed by atoms with Crippen molar-refractivity contribution in [2.24, 2.45) is 11.8 Å². The molecule has 1 aliphatic carbocycles. The lowest BCUT2D eigenvalue weighted by Crippen LogP contribution is -2.22. The van der Waals surface area contributed by atoms with E-state index in [1.807, 2.05) is 6.92 Å². The predicted octanol–water partition coefficient (Wildman–Crippen LogP) is 3.42. The van der Waals surface area contributed by atoms with Gasteiger partial charge in [-0.25, -0.2) is 4.98 Å². The van der Waals surface area contributed by atoms with Gasteiger partial charge in [-0.15, -0.1) is 0 Å². The second kappa shape index (κ2) is 7.22. The lowest BCUT2D eigenvalue weighted by Gasteiger charge is -2.24. The van der Waals surface area contributed by atoms with Crippen molar-refractivity contribution in [3.8, 4) is 5.88 Å². The number of nitrogens with one attached hydrogen (secondary N) is 1. The van der Waals surface area contributed by atoms with Crippen molar-refractivity contribution >= 4 is 5.95 Å². The fraction of sp³-hybridized carbons (Fsp3) is 0.600. The SMILES string of the molecule is CCCNc1ncc(F)c(OCC2CC=CCC2C)n1. The van der Waals surface area contributed by atoms with Crippen LogP contribution in [0.2, 0.25) is 0 Å². The molecule has 0 saturated heterocycles. The highest BCUT2D eigenvalue weighted by Crippen LogP contribution is 2.26. The Kier molecular flexibility index (Phi) is 5.32. The molecule has 0 radical (unpaired) electrons. The van der Waals surface area contributed by atoms with Gasteiger partial charge in [0.1, 0.15) is 0 Å². The van der Waals surface area contributed by atoms with Gasteiger partial charge in [0, 0.05) is 6.54 Å². The molecule has 0 saturated carbocycles. The normalized spacial score (nSPS) is 21.8. The Labute approximate surface area is 119 Å². The molecule has 5 heteroatoms. The van der Waals surface area contributed by atoms with Crippen molar-refractivity contribution in [3.05, 3.63) is 24.2 Å². The summed E-state index contributed by atoms with van der Waals surface area (Å²) in [5.74, 6) is 0.926. The first-order valence-corrected chi connectivity index (χ1v) is 7.25. The molecular formula is C15H22FN3O. The molecule has 4 nitrogen and oxygen atoms in total. The zero-order chi connectivity index (χ0) is 14.4. The number of allylic oxidation sites excluding steroid dienone is 2. The molecule has 2 atom stereocenters. The molecule has 0 aliphatic heterocycles. The topological polar surface area (TPSA) is 47.0 Å². The molecule has 0 bridgehead atoms. The number of nitrogens with zero attached hydrogens (tertiary/aromatic N) is 2. The summed E-state index contributed by atoms with van der Waals surface area (Å²) in [6.45, 7) is 5.50. The highest BCUT2D eigenvalue weighted by molar-refractivity contribution is 5.28. The number of anilines is 1. The molecule has 2 rings (SSSR count). The van der Waals surface area contributed by atoms with Gasteiger partial charge in [0.2, 0.25) is 11.8 Å². The van der Waals surface area contributed by atoms with E-state index in [-0.39, 0.29) is 5.88 Å². The molecule has 1 aliphatic rings. The summed E-state index contributed by atoms with van der Waals surface area (Å²) in [5, 5.41) is 3.03. The highest BCUT2D eigenvalue weighted by atomic mass is 19.1.